The van der Waals surface area contributed by atoms with Crippen LogP contribution < -0.4 is 4.57 Å². The van der Waals surface area contributed by atoms with Crippen LogP contribution in [-0.2, 0) is 10.8 Å². The molecule has 0 amide bonds. The number of fused-ring (bicyclic) bond motifs is 4. The third-order valence-corrected chi connectivity index (χ3v) is 13.1. The van der Waals surface area contributed by atoms with E-state index in [1.165, 1.54) is 38.6 Å². The Labute approximate surface area is 386 Å². The van der Waals surface area contributed by atoms with Gasteiger partial charge in [0.15, 0.2) is 11.0 Å². The molecule has 0 radical (unpaired) electrons. The van der Waals surface area contributed by atoms with E-state index in [1.54, 1.807) is 0 Å². The molecule has 66 heavy (non-hydrogen) atoms. The second kappa shape index (κ2) is 16.0. The van der Waals surface area contributed by atoms with Crippen LogP contribution in [0.25, 0.3) is 72.3 Å². The van der Waals surface area contributed by atoms with Crippen LogP contribution in [0.2, 0.25) is 0 Å². The smallest absolute Gasteiger partial charge is 0.255 e. The highest BCUT2D eigenvalue weighted by molar-refractivity contribution is 6.09. The zero-order valence-electron chi connectivity index (χ0n) is 38.4. The van der Waals surface area contributed by atoms with E-state index >= 15 is 0 Å². The lowest BCUT2D eigenvalue weighted by Gasteiger charge is -2.20. The number of hydrogen-bond donors (Lipinski definition) is 0. The molecule has 7 aromatic carbocycles. The fourth-order valence-corrected chi connectivity index (χ4v) is 9.71. The fourth-order valence-electron chi connectivity index (χ4n) is 9.71. The van der Waals surface area contributed by atoms with Gasteiger partial charge in [-0.05, 0) is 93.9 Å². The van der Waals surface area contributed by atoms with Crippen LogP contribution in [0.15, 0.2) is 211 Å². The average molecular weight is 858 g/mol. The van der Waals surface area contributed by atoms with Gasteiger partial charge in [0.2, 0.25) is 0 Å². The molecule has 0 aliphatic carbocycles. The lowest BCUT2D eigenvalue weighted by molar-refractivity contribution is -0.566. The molecule has 1 atom stereocenters. The molecule has 4 aromatic heterocycles. The first-order chi connectivity index (χ1) is 32.0. The lowest BCUT2D eigenvalue weighted by atomic mass is 9.87. The van der Waals surface area contributed by atoms with Gasteiger partial charge in [-0.2, -0.15) is 9.13 Å². The van der Waals surface area contributed by atoms with Gasteiger partial charge < -0.3 is 4.42 Å². The van der Waals surface area contributed by atoms with E-state index in [4.69, 9.17) is 9.40 Å². The molecular weight excluding hydrogens is 805 g/mol. The number of pyridine rings is 1. The summed E-state index contributed by atoms with van der Waals surface area (Å²) in [7, 11) is 0. The average Bonchev–Trinajstić information content (AvgIpc) is 4.07. The summed E-state index contributed by atoms with van der Waals surface area (Å²) in [5, 5.41) is 2.39. The normalized spacial score (nSPS) is 12.6. The predicted octanol–water partition coefficient (Wildman–Crippen LogP) is 15.1. The third-order valence-electron chi connectivity index (χ3n) is 13.1. The van der Waals surface area contributed by atoms with Crippen molar-refractivity contribution in [3.63, 3.8) is 0 Å². The Morgan fingerprint density at radius 2 is 1.15 bits per heavy atom. The van der Waals surface area contributed by atoms with Crippen molar-refractivity contribution in [1.29, 1.82) is 0 Å². The molecule has 322 valence electrons. The molecule has 0 aliphatic heterocycles. The van der Waals surface area contributed by atoms with Gasteiger partial charge in [-0.1, -0.05) is 175 Å². The van der Waals surface area contributed by atoms with Crippen molar-refractivity contribution < 1.29 is 8.98 Å². The molecule has 11 rings (SSSR count). The Hall–Kier alpha value is -7.76. The maximum atomic E-state index is 6.92. The number of imidazole rings is 1. The number of furan rings is 1. The number of benzene rings is 7. The van der Waals surface area contributed by atoms with Crippen molar-refractivity contribution in [2.45, 2.75) is 58.3 Å². The van der Waals surface area contributed by atoms with Gasteiger partial charge in [-0.15, -0.1) is 0 Å². The predicted molar refractivity (Wildman–Crippen MR) is 271 cm³/mol. The summed E-state index contributed by atoms with van der Waals surface area (Å²) in [4.78, 5) is 5.00. The van der Waals surface area contributed by atoms with E-state index < -0.39 is 0 Å². The summed E-state index contributed by atoms with van der Waals surface area (Å²) >= 11 is 0. The van der Waals surface area contributed by atoms with E-state index in [2.05, 4.69) is 256 Å². The molecule has 0 spiro atoms. The maximum Gasteiger partial charge on any atom is 0.255 e. The Kier molecular flexibility index (Phi) is 9.96. The first-order valence-electron chi connectivity index (χ1n) is 23.0. The molecule has 0 bridgehead atoms. The minimum Gasteiger partial charge on any atom is -0.465 e. The van der Waals surface area contributed by atoms with Gasteiger partial charge in [0.25, 0.3) is 6.33 Å². The van der Waals surface area contributed by atoms with Gasteiger partial charge in [0, 0.05) is 33.5 Å². The van der Waals surface area contributed by atoms with Crippen LogP contribution in [0.5, 0.6) is 0 Å². The molecular formula is C61H53N4O+. The quantitative estimate of drug-likeness (QED) is 0.143. The molecule has 0 aliphatic rings. The van der Waals surface area contributed by atoms with Crippen molar-refractivity contribution >= 4 is 32.8 Å². The van der Waals surface area contributed by atoms with Crippen molar-refractivity contribution in [3.8, 4) is 39.4 Å². The van der Waals surface area contributed by atoms with Gasteiger partial charge in [0.05, 0.1) is 17.0 Å². The first kappa shape index (κ1) is 41.0. The van der Waals surface area contributed by atoms with E-state index in [0.29, 0.717) is 0 Å². The van der Waals surface area contributed by atoms with E-state index in [-0.39, 0.29) is 16.7 Å². The standard InChI is InChI=1S/C61H53N4O/c1-60(2,3)45-35-36-62-57(39-45)65-51-28-14-13-25-49(51)50-32-31-44(38-54(50)65)58(55-33-34-56(66-55)61(4,5)6)43-23-17-24-46(37-43)63-40-64(53-30-16-15-29-52(53)63)59-47(41-19-9-7-10-20-41)26-18-27-48(59)42-21-11-8-12-22-42/h7-40,58H,1-6H3/q+1. The Bertz CT molecular complexity index is 3500. The largest absolute Gasteiger partial charge is 0.465 e. The molecule has 4 heterocycles. The highest BCUT2D eigenvalue weighted by Gasteiger charge is 2.29. The van der Waals surface area contributed by atoms with Gasteiger partial charge >= 0.3 is 0 Å². The second-order valence-electron chi connectivity index (χ2n) is 19.5. The number of nitrogens with zero attached hydrogens (tertiary/aromatic N) is 4. The van der Waals surface area contributed by atoms with Crippen LogP contribution in [0.4, 0.5) is 0 Å². The molecule has 11 aromatic rings. The SMILES string of the molecule is CC(C)(C)c1ccnc(-n2c3ccccc3c3ccc(C(c4cccc(-n5c[n+](-c6c(-c7ccccc7)cccc6-c6ccccc6)c6ccccc65)c4)c4ccc(C(C)(C)C)o4)cc32)c1. The summed E-state index contributed by atoms with van der Waals surface area (Å²) in [6.07, 6.45) is 4.21. The minimum absolute atomic E-state index is 0.0262. The Morgan fingerprint density at radius 1 is 0.515 bits per heavy atom. The maximum absolute atomic E-state index is 6.92. The van der Waals surface area contributed by atoms with E-state index in [9.17, 15) is 0 Å². The van der Waals surface area contributed by atoms with Crippen LogP contribution in [0, 0.1) is 0 Å². The zero-order valence-corrected chi connectivity index (χ0v) is 38.4. The van der Waals surface area contributed by atoms with Crippen LogP contribution in [0.1, 0.15) is 75.7 Å². The zero-order chi connectivity index (χ0) is 45.2. The molecule has 0 fully saturated rings. The highest BCUT2D eigenvalue weighted by atomic mass is 16.3. The monoisotopic (exact) mass is 857 g/mol. The minimum atomic E-state index is -0.205. The summed E-state index contributed by atoms with van der Waals surface area (Å²) in [5.74, 6) is 2.57. The molecule has 0 N–H and O–H groups in total. The topological polar surface area (TPSA) is 39.8 Å². The summed E-state index contributed by atoms with van der Waals surface area (Å²) in [6, 6.07) is 70.1. The first-order valence-corrected chi connectivity index (χ1v) is 23.0. The lowest BCUT2D eigenvalue weighted by Crippen LogP contribution is -2.30. The van der Waals surface area contributed by atoms with E-state index in [0.717, 1.165) is 61.9 Å². The second-order valence-corrected chi connectivity index (χ2v) is 19.5. The van der Waals surface area contributed by atoms with Gasteiger partial charge in [0.1, 0.15) is 28.7 Å². The van der Waals surface area contributed by atoms with Gasteiger partial charge in [-0.25, -0.2) is 4.98 Å². The van der Waals surface area contributed by atoms with Crippen molar-refractivity contribution in [2.24, 2.45) is 0 Å². The summed E-state index contributed by atoms with van der Waals surface area (Å²) in [6.45, 7) is 13.4. The van der Waals surface area contributed by atoms with Crippen molar-refractivity contribution in [2.75, 3.05) is 0 Å². The fraction of sp³-hybridized carbons (Fsp3) is 0.148. The van der Waals surface area contributed by atoms with Crippen LogP contribution in [0.3, 0.4) is 0 Å². The Morgan fingerprint density at radius 3 is 1.85 bits per heavy atom. The van der Waals surface area contributed by atoms with Crippen LogP contribution in [-0.4, -0.2) is 14.1 Å². The third kappa shape index (κ3) is 7.21. The number of rotatable bonds is 8. The number of aromatic nitrogens is 4. The van der Waals surface area contributed by atoms with Crippen LogP contribution >= 0.6 is 0 Å². The van der Waals surface area contributed by atoms with Gasteiger partial charge in [-0.3, -0.25) is 4.57 Å². The summed E-state index contributed by atoms with van der Waals surface area (Å²) < 4.78 is 14.0. The Balaban J connectivity index is 1.11. The molecule has 0 saturated carbocycles. The number of hydrogen-bond acceptors (Lipinski definition) is 2. The van der Waals surface area contributed by atoms with Crippen molar-refractivity contribution in [1.82, 2.24) is 14.1 Å². The molecule has 1 unspecified atom stereocenters. The molecule has 0 saturated heterocycles. The van der Waals surface area contributed by atoms with Crippen molar-refractivity contribution in [3.05, 3.63) is 235 Å². The van der Waals surface area contributed by atoms with E-state index in [1.807, 2.05) is 6.20 Å². The molecule has 5 nitrogen and oxygen atoms in total. The molecule has 5 heteroatoms. The summed E-state index contributed by atoms with van der Waals surface area (Å²) in [5.41, 5.74) is 14.7. The highest BCUT2D eigenvalue weighted by Crippen LogP contribution is 2.41. The number of para-hydroxylation sites is 4.